The molecule has 0 bridgehead atoms. The molecule has 0 aliphatic rings. The van der Waals surface area contributed by atoms with Crippen molar-refractivity contribution in [3.8, 4) is 17.1 Å². The molecule has 0 spiro atoms. The number of rotatable bonds is 6. The van der Waals surface area contributed by atoms with E-state index in [1.165, 1.54) is 31.4 Å². The minimum atomic E-state index is -3.53. The summed E-state index contributed by atoms with van der Waals surface area (Å²) in [5.41, 5.74) is -1.03. The number of sulfone groups is 1. The predicted molar refractivity (Wildman–Crippen MR) is 104 cm³/mol. The first-order valence-corrected chi connectivity index (χ1v) is 10.7. The molecule has 0 unspecified atom stereocenters. The van der Waals surface area contributed by atoms with Crippen molar-refractivity contribution < 1.29 is 26.3 Å². The Morgan fingerprint density at radius 1 is 1.07 bits per heavy atom. The first kappa shape index (κ1) is 21.8. The Balaban J connectivity index is 2.07. The van der Waals surface area contributed by atoms with E-state index in [2.05, 4.69) is 10.2 Å². The van der Waals surface area contributed by atoms with Crippen molar-refractivity contribution in [3.05, 3.63) is 59.7 Å². The van der Waals surface area contributed by atoms with Gasteiger partial charge in [-0.3, -0.25) is 0 Å². The lowest BCUT2D eigenvalue weighted by atomic mass is 10.1. The number of ether oxygens (including phenoxy) is 1. The second-order valence-electron chi connectivity index (χ2n) is 7.12. The number of halogens is 3. The van der Waals surface area contributed by atoms with E-state index < -0.39 is 38.6 Å². The minimum Gasteiger partial charge on any atom is -0.474 e. The summed E-state index contributed by atoms with van der Waals surface area (Å²) >= 11 is 0. The first-order valence-electron chi connectivity index (χ1n) is 9.03. The molecule has 160 valence electrons. The highest BCUT2D eigenvalue weighted by Crippen LogP contribution is 2.33. The molecular formula is C20H20F3N3O3S. The summed E-state index contributed by atoms with van der Waals surface area (Å²) in [5.74, 6) is -3.86. The van der Waals surface area contributed by atoms with E-state index in [0.29, 0.717) is 17.7 Å². The third-order valence-electron chi connectivity index (χ3n) is 4.58. The van der Waals surface area contributed by atoms with E-state index in [1.807, 2.05) is 0 Å². The smallest absolute Gasteiger partial charge is 0.192 e. The lowest BCUT2D eigenvalue weighted by Gasteiger charge is -2.26. The maximum atomic E-state index is 14.0. The molecule has 0 atom stereocenters. The second-order valence-corrected chi connectivity index (χ2v) is 9.36. The van der Waals surface area contributed by atoms with Crippen molar-refractivity contribution in [1.29, 1.82) is 0 Å². The van der Waals surface area contributed by atoms with Crippen LogP contribution in [-0.4, -0.2) is 28.9 Å². The van der Waals surface area contributed by atoms with Crippen molar-refractivity contribution in [1.82, 2.24) is 14.8 Å². The molecule has 0 aliphatic carbocycles. The molecular weight excluding hydrogens is 419 g/mol. The van der Waals surface area contributed by atoms with Gasteiger partial charge >= 0.3 is 0 Å². The quantitative estimate of drug-likeness (QED) is 0.580. The van der Waals surface area contributed by atoms with Gasteiger partial charge in [0.15, 0.2) is 44.5 Å². The number of hydrogen-bond acceptors (Lipinski definition) is 5. The molecule has 3 rings (SSSR count). The molecule has 0 aliphatic heterocycles. The van der Waals surface area contributed by atoms with E-state index >= 15 is 0 Å². The van der Waals surface area contributed by atoms with Gasteiger partial charge in [-0.1, -0.05) is 19.1 Å². The molecule has 2 aromatic carbocycles. The first-order chi connectivity index (χ1) is 14.0. The Labute approximate surface area is 172 Å². The Kier molecular flexibility index (Phi) is 5.64. The summed E-state index contributed by atoms with van der Waals surface area (Å²) in [6, 6.07) is 7.39. The lowest BCUT2D eigenvalue weighted by molar-refractivity contribution is 0.0833. The molecule has 1 heterocycles. The predicted octanol–water partition coefficient (Wildman–Crippen LogP) is 4.01. The molecule has 30 heavy (non-hydrogen) atoms. The molecule has 0 saturated heterocycles. The molecule has 0 radical (unpaired) electrons. The molecule has 0 amide bonds. The third-order valence-corrected chi connectivity index (χ3v) is 6.36. The van der Waals surface area contributed by atoms with Crippen LogP contribution in [0.3, 0.4) is 0 Å². The van der Waals surface area contributed by atoms with Crippen molar-refractivity contribution in [3.63, 3.8) is 0 Å². The Morgan fingerprint density at radius 2 is 1.67 bits per heavy atom. The van der Waals surface area contributed by atoms with Crippen molar-refractivity contribution >= 4 is 9.84 Å². The van der Waals surface area contributed by atoms with Gasteiger partial charge in [0.05, 0.1) is 10.6 Å². The summed E-state index contributed by atoms with van der Waals surface area (Å²) in [6.45, 7) is 4.56. The van der Waals surface area contributed by atoms with Gasteiger partial charge in [0, 0.05) is 24.7 Å². The van der Waals surface area contributed by atoms with Gasteiger partial charge in [-0.15, -0.1) is 10.2 Å². The lowest BCUT2D eigenvalue weighted by Crippen LogP contribution is -2.30. The maximum Gasteiger partial charge on any atom is 0.192 e. The van der Waals surface area contributed by atoms with E-state index in [4.69, 9.17) is 4.74 Å². The Hall–Kier alpha value is -2.88. The van der Waals surface area contributed by atoms with Gasteiger partial charge in [0.25, 0.3) is 0 Å². The fraction of sp³-hybridized carbons (Fsp3) is 0.300. The highest BCUT2D eigenvalue weighted by Gasteiger charge is 2.33. The zero-order valence-corrected chi connectivity index (χ0v) is 17.6. The van der Waals surface area contributed by atoms with Crippen LogP contribution in [0.4, 0.5) is 13.2 Å². The standard InChI is InChI=1S/C20H20F3N3O3S/c1-5-30(27,28)16-9-7-6-8-13(16)18-24-25-19(26(18)4)20(2,3)29-17-14(22)10-12(21)11-15(17)23/h6-11H,5H2,1-4H3. The molecule has 3 aromatic rings. The minimum absolute atomic E-state index is 0.0908. The van der Waals surface area contributed by atoms with Crippen molar-refractivity contribution in [2.45, 2.75) is 31.3 Å². The van der Waals surface area contributed by atoms with Crippen LogP contribution in [0, 0.1) is 17.5 Å². The Morgan fingerprint density at radius 3 is 2.27 bits per heavy atom. The van der Waals surface area contributed by atoms with Gasteiger partial charge in [0.2, 0.25) is 0 Å². The zero-order valence-electron chi connectivity index (χ0n) is 16.8. The molecule has 0 N–H and O–H groups in total. The van der Waals surface area contributed by atoms with Crippen molar-refractivity contribution in [2.24, 2.45) is 7.05 Å². The fourth-order valence-corrected chi connectivity index (χ4v) is 4.18. The van der Waals surface area contributed by atoms with Crippen LogP contribution in [0.15, 0.2) is 41.3 Å². The topological polar surface area (TPSA) is 74.1 Å². The molecule has 10 heteroatoms. The summed E-state index contributed by atoms with van der Waals surface area (Å²) in [5, 5.41) is 8.14. The van der Waals surface area contributed by atoms with E-state index in [0.717, 1.165) is 0 Å². The highest BCUT2D eigenvalue weighted by molar-refractivity contribution is 7.91. The van der Waals surface area contributed by atoms with E-state index in [-0.39, 0.29) is 22.3 Å². The summed E-state index contributed by atoms with van der Waals surface area (Å²) in [7, 11) is -1.95. The number of nitrogens with zero attached hydrogens (tertiary/aromatic N) is 3. The summed E-state index contributed by atoms with van der Waals surface area (Å²) in [6.07, 6.45) is 0. The highest BCUT2D eigenvalue weighted by atomic mass is 32.2. The van der Waals surface area contributed by atoms with Gasteiger partial charge in [-0.25, -0.2) is 21.6 Å². The molecule has 0 saturated carbocycles. The van der Waals surface area contributed by atoms with Crippen LogP contribution in [0.2, 0.25) is 0 Å². The zero-order chi connectivity index (χ0) is 22.3. The van der Waals surface area contributed by atoms with Crippen LogP contribution in [0.25, 0.3) is 11.4 Å². The largest absolute Gasteiger partial charge is 0.474 e. The van der Waals surface area contributed by atoms with E-state index in [9.17, 15) is 21.6 Å². The Bertz CT molecular complexity index is 1180. The molecule has 1 aromatic heterocycles. The molecule has 6 nitrogen and oxygen atoms in total. The normalized spacial score (nSPS) is 12.2. The third kappa shape index (κ3) is 3.91. The average molecular weight is 439 g/mol. The monoisotopic (exact) mass is 439 g/mol. The SMILES string of the molecule is CCS(=O)(=O)c1ccccc1-c1nnc(C(C)(C)Oc2c(F)cc(F)cc2F)n1C. The number of aromatic nitrogens is 3. The van der Waals surface area contributed by atoms with Crippen LogP contribution >= 0.6 is 0 Å². The van der Waals surface area contributed by atoms with Crippen molar-refractivity contribution in [2.75, 3.05) is 5.75 Å². The van der Waals surface area contributed by atoms with Gasteiger partial charge in [-0.05, 0) is 26.0 Å². The van der Waals surface area contributed by atoms with Gasteiger partial charge in [0.1, 0.15) is 5.82 Å². The second kappa shape index (κ2) is 7.75. The number of benzene rings is 2. The average Bonchev–Trinajstić information content (AvgIpc) is 3.07. The fourth-order valence-electron chi connectivity index (χ4n) is 3.09. The van der Waals surface area contributed by atoms with Gasteiger partial charge in [-0.2, -0.15) is 0 Å². The van der Waals surface area contributed by atoms with Crippen LogP contribution in [0.1, 0.15) is 26.6 Å². The van der Waals surface area contributed by atoms with Gasteiger partial charge < -0.3 is 9.30 Å². The van der Waals surface area contributed by atoms with Crippen LogP contribution in [0.5, 0.6) is 5.75 Å². The summed E-state index contributed by atoms with van der Waals surface area (Å²) in [4.78, 5) is 0.101. The molecule has 0 fully saturated rings. The number of hydrogen-bond donors (Lipinski definition) is 0. The van der Waals surface area contributed by atoms with Crippen LogP contribution in [-0.2, 0) is 22.5 Å². The van der Waals surface area contributed by atoms with E-state index in [1.54, 1.807) is 25.2 Å². The van der Waals surface area contributed by atoms with Crippen LogP contribution < -0.4 is 4.74 Å². The maximum absolute atomic E-state index is 14.0. The summed E-state index contributed by atoms with van der Waals surface area (Å²) < 4.78 is 73.1.